The van der Waals surface area contributed by atoms with Gasteiger partial charge in [0.15, 0.2) is 0 Å². The molecule has 0 radical (unpaired) electrons. The highest BCUT2D eigenvalue weighted by Crippen LogP contribution is 2.17. The van der Waals surface area contributed by atoms with Crippen LogP contribution in [-0.2, 0) is 4.79 Å². The number of rotatable bonds is 5. The van der Waals surface area contributed by atoms with Crippen LogP contribution in [0, 0.1) is 0 Å². The van der Waals surface area contributed by atoms with E-state index in [9.17, 15) is 9.59 Å². The average molecular weight is 290 g/mol. The van der Waals surface area contributed by atoms with Crippen molar-refractivity contribution in [2.24, 2.45) is 0 Å². The Labute approximate surface area is 125 Å². The van der Waals surface area contributed by atoms with Crippen LogP contribution in [0.3, 0.4) is 0 Å². The van der Waals surface area contributed by atoms with Crippen LogP contribution >= 0.6 is 0 Å². The fourth-order valence-electron chi connectivity index (χ4n) is 2.53. The number of ether oxygens (including phenoxy) is 1. The Hall–Kier alpha value is -2.04. The molecule has 114 valence electrons. The lowest BCUT2D eigenvalue weighted by atomic mass is 9.95. The van der Waals surface area contributed by atoms with E-state index in [2.05, 4.69) is 10.6 Å². The zero-order valence-electron chi connectivity index (χ0n) is 12.4. The minimum absolute atomic E-state index is 0.0152. The molecule has 0 heterocycles. The first-order valence-electron chi connectivity index (χ1n) is 7.40. The highest BCUT2D eigenvalue weighted by molar-refractivity contribution is 5.96. The lowest BCUT2D eigenvalue weighted by Crippen LogP contribution is -2.42. The Kier molecular flexibility index (Phi) is 5.60. The van der Waals surface area contributed by atoms with Gasteiger partial charge in [0.25, 0.3) is 5.91 Å². The molecule has 1 aromatic rings. The van der Waals surface area contributed by atoms with E-state index in [-0.39, 0.29) is 24.4 Å². The van der Waals surface area contributed by atoms with Gasteiger partial charge in [0.1, 0.15) is 5.75 Å². The van der Waals surface area contributed by atoms with Crippen molar-refractivity contribution in [2.75, 3.05) is 13.7 Å². The first kappa shape index (κ1) is 15.4. The number of hydrogen-bond acceptors (Lipinski definition) is 3. The van der Waals surface area contributed by atoms with Crippen molar-refractivity contribution in [3.05, 3.63) is 29.8 Å². The summed E-state index contributed by atoms with van der Waals surface area (Å²) in [5.41, 5.74) is 0.515. The lowest BCUT2D eigenvalue weighted by molar-refractivity contribution is -0.121. The van der Waals surface area contributed by atoms with E-state index in [1.54, 1.807) is 31.4 Å². The van der Waals surface area contributed by atoms with Crippen LogP contribution in [0.15, 0.2) is 24.3 Å². The highest BCUT2D eigenvalue weighted by Gasteiger charge is 2.16. The van der Waals surface area contributed by atoms with Crippen molar-refractivity contribution in [3.63, 3.8) is 0 Å². The quantitative estimate of drug-likeness (QED) is 0.870. The smallest absolute Gasteiger partial charge is 0.251 e. The third kappa shape index (κ3) is 4.77. The molecule has 0 saturated heterocycles. The molecular formula is C16H22N2O3. The largest absolute Gasteiger partial charge is 0.497 e. The summed E-state index contributed by atoms with van der Waals surface area (Å²) in [4.78, 5) is 23.7. The second-order valence-corrected chi connectivity index (χ2v) is 5.31. The predicted molar refractivity (Wildman–Crippen MR) is 80.3 cm³/mol. The van der Waals surface area contributed by atoms with Gasteiger partial charge in [0.2, 0.25) is 5.91 Å². The highest BCUT2D eigenvalue weighted by atomic mass is 16.5. The zero-order chi connectivity index (χ0) is 15.1. The van der Waals surface area contributed by atoms with Gasteiger partial charge >= 0.3 is 0 Å². The summed E-state index contributed by atoms with van der Waals surface area (Å²) in [6, 6.07) is 7.05. The molecule has 0 atom stereocenters. The van der Waals surface area contributed by atoms with Gasteiger partial charge in [0.05, 0.1) is 13.7 Å². The molecule has 2 rings (SSSR count). The third-order valence-electron chi connectivity index (χ3n) is 3.73. The first-order chi connectivity index (χ1) is 10.2. The lowest BCUT2D eigenvalue weighted by Gasteiger charge is -2.22. The molecule has 5 nitrogen and oxygen atoms in total. The van der Waals surface area contributed by atoms with Gasteiger partial charge in [0, 0.05) is 11.6 Å². The van der Waals surface area contributed by atoms with Crippen LogP contribution in [0.5, 0.6) is 5.75 Å². The topological polar surface area (TPSA) is 67.4 Å². The van der Waals surface area contributed by atoms with E-state index in [4.69, 9.17) is 4.74 Å². The van der Waals surface area contributed by atoms with Crippen molar-refractivity contribution in [1.29, 1.82) is 0 Å². The summed E-state index contributed by atoms with van der Waals surface area (Å²) in [5, 5.41) is 5.60. The molecule has 1 saturated carbocycles. The van der Waals surface area contributed by atoms with Gasteiger partial charge < -0.3 is 15.4 Å². The molecule has 1 aliphatic rings. The predicted octanol–water partition coefficient (Wildman–Crippen LogP) is 1.87. The minimum Gasteiger partial charge on any atom is -0.497 e. The fraction of sp³-hybridized carbons (Fsp3) is 0.500. The van der Waals surface area contributed by atoms with Gasteiger partial charge in [-0.3, -0.25) is 9.59 Å². The number of carbonyl (C=O) groups is 2. The summed E-state index contributed by atoms with van der Waals surface area (Å²) >= 11 is 0. The molecule has 2 N–H and O–H groups in total. The minimum atomic E-state index is -0.253. The second-order valence-electron chi connectivity index (χ2n) is 5.31. The van der Waals surface area contributed by atoms with Crippen LogP contribution in [-0.4, -0.2) is 31.5 Å². The van der Waals surface area contributed by atoms with Crippen LogP contribution in [0.2, 0.25) is 0 Å². The Morgan fingerprint density at radius 2 is 1.81 bits per heavy atom. The first-order valence-corrected chi connectivity index (χ1v) is 7.40. The average Bonchev–Trinajstić information content (AvgIpc) is 2.53. The number of nitrogens with one attached hydrogen (secondary N) is 2. The van der Waals surface area contributed by atoms with Crippen molar-refractivity contribution in [1.82, 2.24) is 10.6 Å². The fourth-order valence-corrected chi connectivity index (χ4v) is 2.53. The summed E-state index contributed by atoms with van der Waals surface area (Å²) in [5.74, 6) is 0.321. The molecular weight excluding hydrogens is 268 g/mol. The van der Waals surface area contributed by atoms with Crippen LogP contribution in [0.25, 0.3) is 0 Å². The van der Waals surface area contributed by atoms with E-state index >= 15 is 0 Å². The molecule has 0 aliphatic heterocycles. The molecule has 2 amide bonds. The number of amides is 2. The van der Waals surface area contributed by atoms with E-state index < -0.39 is 0 Å². The number of methoxy groups -OCH3 is 1. The van der Waals surface area contributed by atoms with E-state index in [0.29, 0.717) is 11.3 Å². The second kappa shape index (κ2) is 7.67. The van der Waals surface area contributed by atoms with Crippen LogP contribution in [0.4, 0.5) is 0 Å². The zero-order valence-corrected chi connectivity index (χ0v) is 12.4. The maximum absolute atomic E-state index is 11.9. The summed E-state index contributed by atoms with van der Waals surface area (Å²) in [7, 11) is 1.57. The molecule has 1 aromatic carbocycles. The van der Waals surface area contributed by atoms with Crippen LogP contribution < -0.4 is 15.4 Å². The Morgan fingerprint density at radius 1 is 1.14 bits per heavy atom. The van der Waals surface area contributed by atoms with Gasteiger partial charge in [-0.2, -0.15) is 0 Å². The standard InChI is InChI=1S/C16H22N2O3/c1-21-14-9-7-12(8-10-14)16(20)17-11-15(19)18-13-5-3-2-4-6-13/h7-10,13H,2-6,11H2,1H3,(H,17,20)(H,18,19). The molecule has 5 heteroatoms. The van der Waals surface area contributed by atoms with Crippen molar-refractivity contribution < 1.29 is 14.3 Å². The normalized spacial score (nSPS) is 15.3. The third-order valence-corrected chi connectivity index (χ3v) is 3.73. The molecule has 21 heavy (non-hydrogen) atoms. The Morgan fingerprint density at radius 3 is 2.43 bits per heavy atom. The summed E-state index contributed by atoms with van der Waals surface area (Å²) in [6.07, 6.45) is 5.67. The summed E-state index contributed by atoms with van der Waals surface area (Å²) < 4.78 is 5.04. The van der Waals surface area contributed by atoms with Crippen molar-refractivity contribution in [3.8, 4) is 5.75 Å². The molecule has 1 aliphatic carbocycles. The molecule has 0 spiro atoms. The van der Waals surface area contributed by atoms with Gasteiger partial charge in [-0.05, 0) is 37.1 Å². The van der Waals surface area contributed by atoms with E-state index in [1.807, 2.05) is 0 Å². The van der Waals surface area contributed by atoms with E-state index in [0.717, 1.165) is 12.8 Å². The monoisotopic (exact) mass is 290 g/mol. The van der Waals surface area contributed by atoms with E-state index in [1.165, 1.54) is 19.3 Å². The maximum atomic E-state index is 11.9. The van der Waals surface area contributed by atoms with Gasteiger partial charge in [-0.25, -0.2) is 0 Å². The van der Waals surface area contributed by atoms with Crippen molar-refractivity contribution >= 4 is 11.8 Å². The molecule has 0 aromatic heterocycles. The Balaban J connectivity index is 1.75. The Bertz CT molecular complexity index is 479. The van der Waals surface area contributed by atoms with Gasteiger partial charge in [-0.15, -0.1) is 0 Å². The molecule has 0 bridgehead atoms. The SMILES string of the molecule is COc1ccc(C(=O)NCC(=O)NC2CCCCC2)cc1. The number of hydrogen-bond donors (Lipinski definition) is 2. The number of carbonyl (C=O) groups excluding carboxylic acids is 2. The molecule has 1 fully saturated rings. The number of benzene rings is 1. The van der Waals surface area contributed by atoms with Crippen molar-refractivity contribution in [2.45, 2.75) is 38.1 Å². The van der Waals surface area contributed by atoms with Gasteiger partial charge in [-0.1, -0.05) is 19.3 Å². The molecule has 0 unspecified atom stereocenters. The summed E-state index contributed by atoms with van der Waals surface area (Å²) in [6.45, 7) is 0.0152. The van der Waals surface area contributed by atoms with Crippen LogP contribution in [0.1, 0.15) is 42.5 Å². The maximum Gasteiger partial charge on any atom is 0.251 e.